The van der Waals surface area contributed by atoms with Crippen LogP contribution >= 0.6 is 23.4 Å². The molecule has 0 spiro atoms. The van der Waals surface area contributed by atoms with Gasteiger partial charge in [0.25, 0.3) is 0 Å². The molecule has 1 amide bonds. The average molecular weight is 473 g/mol. The van der Waals surface area contributed by atoms with Crippen LogP contribution in [0.2, 0.25) is 5.02 Å². The Morgan fingerprint density at radius 3 is 2.69 bits per heavy atom. The highest BCUT2D eigenvalue weighted by atomic mass is 35.5. The predicted octanol–water partition coefficient (Wildman–Crippen LogP) is 5.80. The van der Waals surface area contributed by atoms with Crippen molar-refractivity contribution in [1.82, 2.24) is 14.8 Å². The number of amides is 1. The first-order chi connectivity index (χ1) is 15.4. The van der Waals surface area contributed by atoms with Crippen LogP contribution in [0.15, 0.2) is 47.6 Å². The number of aryl methyl sites for hydroxylation is 1. The van der Waals surface area contributed by atoms with Gasteiger partial charge in [-0.3, -0.25) is 4.79 Å². The van der Waals surface area contributed by atoms with E-state index >= 15 is 0 Å². The van der Waals surface area contributed by atoms with Crippen LogP contribution in [-0.4, -0.2) is 40.1 Å². The molecule has 0 radical (unpaired) electrons. The number of aromatic nitrogens is 3. The number of ether oxygens (including phenoxy) is 1. The number of nitrogens with zero attached hydrogens (tertiary/aromatic N) is 3. The van der Waals surface area contributed by atoms with Crippen molar-refractivity contribution in [3.8, 4) is 11.4 Å². The van der Waals surface area contributed by atoms with Crippen molar-refractivity contribution in [3.63, 3.8) is 0 Å². The van der Waals surface area contributed by atoms with Crippen molar-refractivity contribution < 1.29 is 9.53 Å². The van der Waals surface area contributed by atoms with E-state index < -0.39 is 0 Å². The lowest BCUT2D eigenvalue weighted by Crippen LogP contribution is -2.17. The summed E-state index contributed by atoms with van der Waals surface area (Å²) in [6.07, 6.45) is 0.798. The maximum Gasteiger partial charge on any atom is 0.234 e. The van der Waals surface area contributed by atoms with Gasteiger partial charge in [0.1, 0.15) is 0 Å². The first-order valence-electron chi connectivity index (χ1n) is 10.6. The molecule has 0 aliphatic heterocycles. The third-order valence-corrected chi connectivity index (χ3v) is 6.38. The summed E-state index contributed by atoms with van der Waals surface area (Å²) in [5.41, 5.74) is 3.90. The molecule has 0 saturated carbocycles. The van der Waals surface area contributed by atoms with Gasteiger partial charge in [-0.15, -0.1) is 10.2 Å². The molecule has 3 aromatic rings. The molecule has 0 saturated heterocycles. The van der Waals surface area contributed by atoms with Gasteiger partial charge in [-0.05, 0) is 42.5 Å². The summed E-state index contributed by atoms with van der Waals surface area (Å²) in [7, 11) is 1.68. The summed E-state index contributed by atoms with van der Waals surface area (Å²) in [5, 5.41) is 13.1. The summed E-state index contributed by atoms with van der Waals surface area (Å²) < 4.78 is 7.21. The zero-order valence-corrected chi connectivity index (χ0v) is 20.5. The Kier molecular flexibility index (Phi) is 8.73. The fourth-order valence-electron chi connectivity index (χ4n) is 3.45. The standard InChI is InChI=1S/C24H29ClN4O2S/c1-16(2)18-11-7-9-17(3)22(18)26-21(30)15-32-24-28-27-23(29(24)13-8-14-31-4)19-10-5-6-12-20(19)25/h5-7,9-12,16H,8,13-15H2,1-4H3,(H,26,30). The molecule has 6 nitrogen and oxygen atoms in total. The normalized spacial score (nSPS) is 11.2. The second-order valence-electron chi connectivity index (χ2n) is 7.81. The van der Waals surface area contributed by atoms with E-state index in [1.54, 1.807) is 7.11 Å². The number of hydrogen-bond acceptors (Lipinski definition) is 5. The van der Waals surface area contributed by atoms with Crippen molar-refractivity contribution in [2.75, 3.05) is 24.8 Å². The number of hydrogen-bond donors (Lipinski definition) is 1. The SMILES string of the molecule is COCCCn1c(SCC(=O)Nc2c(C)cccc2C(C)C)nnc1-c1ccccc1Cl. The number of thioether (sulfide) groups is 1. The van der Waals surface area contributed by atoms with Gasteiger partial charge in [0, 0.05) is 31.5 Å². The maximum absolute atomic E-state index is 12.8. The van der Waals surface area contributed by atoms with Crippen molar-refractivity contribution in [2.45, 2.75) is 44.8 Å². The van der Waals surface area contributed by atoms with E-state index in [0.29, 0.717) is 35.1 Å². The zero-order chi connectivity index (χ0) is 23.1. The van der Waals surface area contributed by atoms with Gasteiger partial charge in [-0.2, -0.15) is 0 Å². The second-order valence-corrected chi connectivity index (χ2v) is 9.16. The molecule has 8 heteroatoms. The summed E-state index contributed by atoms with van der Waals surface area (Å²) >= 11 is 7.76. The number of para-hydroxylation sites is 1. The van der Waals surface area contributed by atoms with E-state index in [1.165, 1.54) is 11.8 Å². The number of carbonyl (C=O) groups excluding carboxylic acids is 1. The molecule has 0 atom stereocenters. The van der Waals surface area contributed by atoms with E-state index in [0.717, 1.165) is 28.8 Å². The van der Waals surface area contributed by atoms with Crippen molar-refractivity contribution >= 4 is 35.0 Å². The third kappa shape index (κ3) is 5.91. The third-order valence-electron chi connectivity index (χ3n) is 5.09. The summed E-state index contributed by atoms with van der Waals surface area (Å²) in [5.74, 6) is 1.17. The molecule has 0 unspecified atom stereocenters. The lowest BCUT2D eigenvalue weighted by Gasteiger charge is -2.16. The van der Waals surface area contributed by atoms with Crippen LogP contribution in [0, 0.1) is 6.92 Å². The van der Waals surface area contributed by atoms with Crippen LogP contribution in [0.5, 0.6) is 0 Å². The molecule has 1 aromatic heterocycles. The van der Waals surface area contributed by atoms with Crippen LogP contribution in [-0.2, 0) is 16.1 Å². The minimum absolute atomic E-state index is 0.0723. The molecule has 0 bridgehead atoms. The van der Waals surface area contributed by atoms with Gasteiger partial charge in [-0.1, -0.05) is 67.5 Å². The molecule has 170 valence electrons. The van der Waals surface area contributed by atoms with Crippen LogP contribution < -0.4 is 5.32 Å². The quantitative estimate of drug-likeness (QED) is 0.298. The Hall–Kier alpha value is -2.35. The molecule has 2 aromatic carbocycles. The van der Waals surface area contributed by atoms with E-state index in [9.17, 15) is 4.79 Å². The molecule has 0 aliphatic carbocycles. The minimum atomic E-state index is -0.0723. The number of anilines is 1. The largest absolute Gasteiger partial charge is 0.385 e. The van der Waals surface area contributed by atoms with Gasteiger partial charge in [0.05, 0.1) is 10.8 Å². The van der Waals surface area contributed by atoms with Crippen molar-refractivity contribution in [1.29, 1.82) is 0 Å². The Balaban J connectivity index is 1.77. The molecular formula is C24H29ClN4O2S. The molecule has 32 heavy (non-hydrogen) atoms. The van der Waals surface area contributed by atoms with E-state index in [1.807, 2.05) is 47.9 Å². The smallest absolute Gasteiger partial charge is 0.234 e. The van der Waals surface area contributed by atoms with Gasteiger partial charge in [0.15, 0.2) is 11.0 Å². The first kappa shape index (κ1) is 24.3. The van der Waals surface area contributed by atoms with E-state index in [-0.39, 0.29) is 11.7 Å². The molecule has 3 rings (SSSR count). The summed E-state index contributed by atoms with van der Waals surface area (Å²) in [4.78, 5) is 12.8. The molecule has 0 fully saturated rings. The molecule has 1 heterocycles. The van der Waals surface area contributed by atoms with Crippen LogP contribution in [0.1, 0.15) is 37.3 Å². The van der Waals surface area contributed by atoms with Crippen LogP contribution in [0.4, 0.5) is 5.69 Å². The van der Waals surface area contributed by atoms with Gasteiger partial charge < -0.3 is 14.6 Å². The monoisotopic (exact) mass is 472 g/mol. The van der Waals surface area contributed by atoms with E-state index in [2.05, 4.69) is 35.4 Å². The number of benzene rings is 2. The minimum Gasteiger partial charge on any atom is -0.385 e. The molecule has 1 N–H and O–H groups in total. The highest BCUT2D eigenvalue weighted by molar-refractivity contribution is 7.99. The maximum atomic E-state index is 12.8. The van der Waals surface area contributed by atoms with E-state index in [4.69, 9.17) is 16.3 Å². The highest BCUT2D eigenvalue weighted by Crippen LogP contribution is 2.30. The molecule has 0 aliphatic rings. The summed E-state index contributed by atoms with van der Waals surface area (Å²) in [6.45, 7) is 7.55. The zero-order valence-electron chi connectivity index (χ0n) is 18.9. The average Bonchev–Trinajstić information content (AvgIpc) is 3.16. The second kappa shape index (κ2) is 11.5. The highest BCUT2D eigenvalue weighted by Gasteiger charge is 2.18. The fraction of sp³-hybridized carbons (Fsp3) is 0.375. The molecular weight excluding hydrogens is 444 g/mol. The van der Waals surface area contributed by atoms with Crippen molar-refractivity contribution in [3.05, 3.63) is 58.6 Å². The number of rotatable bonds is 10. The fourth-order valence-corrected chi connectivity index (χ4v) is 4.44. The topological polar surface area (TPSA) is 69.0 Å². The predicted molar refractivity (Wildman–Crippen MR) is 132 cm³/mol. The van der Waals surface area contributed by atoms with Crippen molar-refractivity contribution in [2.24, 2.45) is 0 Å². The Labute approximate surface area is 198 Å². The van der Waals surface area contributed by atoms with Crippen LogP contribution in [0.3, 0.4) is 0 Å². The number of nitrogens with one attached hydrogen (secondary N) is 1. The van der Waals surface area contributed by atoms with Gasteiger partial charge in [0.2, 0.25) is 5.91 Å². The Bertz CT molecular complexity index is 1070. The van der Waals surface area contributed by atoms with Gasteiger partial charge >= 0.3 is 0 Å². The number of carbonyl (C=O) groups is 1. The summed E-state index contributed by atoms with van der Waals surface area (Å²) in [6, 6.07) is 13.7. The number of methoxy groups -OCH3 is 1. The lowest BCUT2D eigenvalue weighted by atomic mass is 9.98. The lowest BCUT2D eigenvalue weighted by molar-refractivity contribution is -0.113. The Morgan fingerprint density at radius 1 is 1.19 bits per heavy atom. The Morgan fingerprint density at radius 2 is 1.97 bits per heavy atom. The number of halogens is 1. The van der Waals surface area contributed by atoms with Gasteiger partial charge in [-0.25, -0.2) is 0 Å². The first-order valence-corrected chi connectivity index (χ1v) is 12.0. The van der Waals surface area contributed by atoms with Crippen LogP contribution in [0.25, 0.3) is 11.4 Å².